The molecule has 5 nitrogen and oxygen atoms in total. The van der Waals surface area contributed by atoms with E-state index in [4.69, 9.17) is 15.4 Å². The van der Waals surface area contributed by atoms with Crippen molar-refractivity contribution in [3.63, 3.8) is 0 Å². The van der Waals surface area contributed by atoms with Crippen LogP contribution in [-0.2, 0) is 13.8 Å². The van der Waals surface area contributed by atoms with E-state index in [1.165, 1.54) is 18.2 Å². The molecule has 1 atom stereocenters. The van der Waals surface area contributed by atoms with Crippen LogP contribution < -0.4 is 5.32 Å². The van der Waals surface area contributed by atoms with Crippen LogP contribution in [0, 0.1) is 5.92 Å². The first-order valence-corrected chi connectivity index (χ1v) is 9.58. The Hall–Kier alpha value is -0.630. The molecule has 8 heteroatoms. The normalized spacial score (nSPS) is 19.2. The summed E-state index contributed by atoms with van der Waals surface area (Å²) in [6.45, 7) is 1.91. The van der Waals surface area contributed by atoms with Gasteiger partial charge < -0.3 is 10.1 Å². The lowest BCUT2D eigenvalue weighted by Crippen LogP contribution is -2.33. The van der Waals surface area contributed by atoms with E-state index in [0.717, 1.165) is 19.4 Å². The number of halogens is 2. The van der Waals surface area contributed by atoms with Gasteiger partial charge in [-0.15, -0.1) is 0 Å². The molecule has 1 N–H and O–H groups in total. The second-order valence-corrected chi connectivity index (χ2v) is 8.29. The number of hydrogen-bond donors (Lipinski definition) is 1. The summed E-state index contributed by atoms with van der Waals surface area (Å²) in [6, 6.07) is 4.10. The Kier molecular flexibility index (Phi) is 5.65. The summed E-state index contributed by atoms with van der Waals surface area (Å²) < 4.78 is 28.5. The molecule has 1 aromatic carbocycles. The SMILES string of the molecule is O=C(NCC1CCCOC1)c1cc(S(=O)(=O)Cl)ccc1Br. The topological polar surface area (TPSA) is 72.5 Å². The third-order valence-corrected chi connectivity index (χ3v) is 5.31. The maximum absolute atomic E-state index is 12.2. The maximum atomic E-state index is 12.2. The Bertz CT molecular complexity index is 629. The van der Waals surface area contributed by atoms with Crippen molar-refractivity contribution < 1.29 is 17.9 Å². The van der Waals surface area contributed by atoms with Gasteiger partial charge in [-0.3, -0.25) is 4.79 Å². The van der Waals surface area contributed by atoms with Crippen LogP contribution in [0.15, 0.2) is 27.6 Å². The van der Waals surface area contributed by atoms with Gasteiger partial charge >= 0.3 is 0 Å². The van der Waals surface area contributed by atoms with Crippen molar-refractivity contribution in [2.75, 3.05) is 19.8 Å². The number of carbonyl (C=O) groups is 1. The minimum atomic E-state index is -3.86. The van der Waals surface area contributed by atoms with Gasteiger partial charge in [0.15, 0.2) is 0 Å². The zero-order valence-corrected chi connectivity index (χ0v) is 14.3. The molecule has 0 radical (unpaired) electrons. The summed E-state index contributed by atoms with van der Waals surface area (Å²) in [5, 5.41) is 2.80. The van der Waals surface area contributed by atoms with Gasteiger partial charge in [0.25, 0.3) is 15.0 Å². The third kappa shape index (κ3) is 4.67. The number of carbonyl (C=O) groups excluding carboxylic acids is 1. The standard InChI is InChI=1S/C13H15BrClNO4S/c14-12-4-3-10(21(15,18)19)6-11(12)13(17)16-7-9-2-1-5-20-8-9/h3-4,6,9H,1-2,5,7-8H2,(H,16,17). The molecule has 1 aliphatic rings. The fraction of sp³-hybridized carbons (Fsp3) is 0.462. The average molecular weight is 397 g/mol. The van der Waals surface area contributed by atoms with Crippen molar-refractivity contribution in [2.24, 2.45) is 5.92 Å². The largest absolute Gasteiger partial charge is 0.381 e. The molecular weight excluding hydrogens is 382 g/mol. The molecule has 1 unspecified atom stereocenters. The van der Waals surface area contributed by atoms with Gasteiger partial charge in [0.1, 0.15) is 0 Å². The predicted octanol–water partition coefficient (Wildman–Crippen LogP) is 2.53. The molecule has 1 aliphatic heterocycles. The number of hydrogen-bond acceptors (Lipinski definition) is 4. The number of rotatable bonds is 4. The molecule has 0 saturated carbocycles. The van der Waals surface area contributed by atoms with Crippen molar-refractivity contribution >= 4 is 41.6 Å². The Labute approximate surface area is 136 Å². The molecule has 0 aliphatic carbocycles. The van der Waals surface area contributed by atoms with Crippen LogP contribution in [0.5, 0.6) is 0 Å². The molecule has 2 rings (SSSR count). The third-order valence-electron chi connectivity index (χ3n) is 3.27. The molecular formula is C13H15BrClNO4S. The number of amides is 1. The van der Waals surface area contributed by atoms with Gasteiger partial charge in [-0.2, -0.15) is 0 Å². The molecule has 116 valence electrons. The molecule has 1 aromatic rings. The van der Waals surface area contributed by atoms with Crippen LogP contribution in [0.25, 0.3) is 0 Å². The lowest BCUT2D eigenvalue weighted by molar-refractivity contribution is 0.0536. The highest BCUT2D eigenvalue weighted by Gasteiger charge is 2.19. The smallest absolute Gasteiger partial charge is 0.261 e. The highest BCUT2D eigenvalue weighted by atomic mass is 79.9. The second kappa shape index (κ2) is 7.09. The van der Waals surface area contributed by atoms with Crippen molar-refractivity contribution in [2.45, 2.75) is 17.7 Å². The number of nitrogens with one attached hydrogen (secondary N) is 1. The lowest BCUT2D eigenvalue weighted by Gasteiger charge is -2.22. The van der Waals surface area contributed by atoms with Crippen molar-refractivity contribution in [1.29, 1.82) is 0 Å². The van der Waals surface area contributed by atoms with E-state index in [-0.39, 0.29) is 16.4 Å². The van der Waals surface area contributed by atoms with Gasteiger partial charge in [0, 0.05) is 28.3 Å². The molecule has 1 saturated heterocycles. The van der Waals surface area contributed by atoms with Gasteiger partial charge in [0.05, 0.1) is 17.1 Å². The summed E-state index contributed by atoms with van der Waals surface area (Å²) in [5.74, 6) is -0.0453. The lowest BCUT2D eigenvalue weighted by atomic mass is 10.0. The summed E-state index contributed by atoms with van der Waals surface area (Å²) in [7, 11) is 1.44. The first-order chi connectivity index (χ1) is 9.88. The minimum Gasteiger partial charge on any atom is -0.381 e. The van der Waals surface area contributed by atoms with Gasteiger partial charge in [-0.1, -0.05) is 0 Å². The van der Waals surface area contributed by atoms with Crippen LogP contribution in [0.3, 0.4) is 0 Å². The summed E-state index contributed by atoms with van der Waals surface area (Å²) >= 11 is 3.24. The zero-order chi connectivity index (χ0) is 15.5. The van der Waals surface area contributed by atoms with Crippen LogP contribution in [0.2, 0.25) is 0 Å². The van der Waals surface area contributed by atoms with E-state index in [1.807, 2.05) is 0 Å². The molecule has 0 aromatic heterocycles. The average Bonchev–Trinajstić information content (AvgIpc) is 2.45. The summed E-state index contributed by atoms with van der Waals surface area (Å²) in [6.07, 6.45) is 2.00. The Morgan fingerprint density at radius 3 is 2.86 bits per heavy atom. The van der Waals surface area contributed by atoms with E-state index >= 15 is 0 Å². The molecule has 21 heavy (non-hydrogen) atoms. The Morgan fingerprint density at radius 2 is 2.24 bits per heavy atom. The van der Waals surface area contributed by atoms with Gasteiger partial charge in [-0.25, -0.2) is 8.42 Å². The van der Waals surface area contributed by atoms with E-state index < -0.39 is 9.05 Å². The Balaban J connectivity index is 2.07. The molecule has 1 heterocycles. The molecule has 0 spiro atoms. The van der Waals surface area contributed by atoms with Crippen LogP contribution >= 0.6 is 26.6 Å². The monoisotopic (exact) mass is 395 g/mol. The highest BCUT2D eigenvalue weighted by Crippen LogP contribution is 2.23. The van der Waals surface area contributed by atoms with Gasteiger partial charge in [-0.05, 0) is 52.9 Å². The molecule has 1 amide bonds. The number of ether oxygens (including phenoxy) is 1. The van der Waals surface area contributed by atoms with Crippen molar-refractivity contribution in [3.8, 4) is 0 Å². The number of benzene rings is 1. The summed E-state index contributed by atoms with van der Waals surface area (Å²) in [4.78, 5) is 12.1. The van der Waals surface area contributed by atoms with E-state index in [9.17, 15) is 13.2 Å². The van der Waals surface area contributed by atoms with Crippen molar-refractivity contribution in [1.82, 2.24) is 5.32 Å². The predicted molar refractivity (Wildman–Crippen MR) is 83.1 cm³/mol. The van der Waals surface area contributed by atoms with E-state index in [1.54, 1.807) is 0 Å². The van der Waals surface area contributed by atoms with Crippen molar-refractivity contribution in [3.05, 3.63) is 28.2 Å². The van der Waals surface area contributed by atoms with E-state index in [2.05, 4.69) is 21.2 Å². The molecule has 0 bridgehead atoms. The Morgan fingerprint density at radius 1 is 1.48 bits per heavy atom. The first kappa shape index (κ1) is 16.7. The fourth-order valence-electron chi connectivity index (χ4n) is 2.13. The van der Waals surface area contributed by atoms with Crippen LogP contribution in [-0.4, -0.2) is 34.1 Å². The van der Waals surface area contributed by atoms with E-state index in [0.29, 0.717) is 23.5 Å². The zero-order valence-electron chi connectivity index (χ0n) is 11.1. The van der Waals surface area contributed by atoms with Crippen LogP contribution in [0.4, 0.5) is 0 Å². The fourth-order valence-corrected chi connectivity index (χ4v) is 3.33. The van der Waals surface area contributed by atoms with Crippen LogP contribution in [0.1, 0.15) is 23.2 Å². The van der Waals surface area contributed by atoms with Gasteiger partial charge in [0.2, 0.25) is 0 Å². The highest BCUT2D eigenvalue weighted by molar-refractivity contribution is 9.10. The quantitative estimate of drug-likeness (QED) is 0.794. The second-order valence-electron chi connectivity index (χ2n) is 4.87. The first-order valence-electron chi connectivity index (χ1n) is 6.48. The minimum absolute atomic E-state index is 0.0986. The molecule has 1 fully saturated rings. The maximum Gasteiger partial charge on any atom is 0.261 e. The summed E-state index contributed by atoms with van der Waals surface area (Å²) in [5.41, 5.74) is 0.244.